The van der Waals surface area contributed by atoms with Gasteiger partial charge in [0.2, 0.25) is 0 Å². The zero-order valence-electron chi connectivity index (χ0n) is 11.4. The monoisotopic (exact) mass is 281 g/mol. The van der Waals surface area contributed by atoms with Crippen LogP contribution in [0, 0.1) is 12.8 Å². The number of nitrogens with zero attached hydrogens (tertiary/aromatic N) is 1. The average Bonchev–Trinajstić information content (AvgIpc) is 2.83. The second kappa shape index (κ2) is 6.40. The molecule has 1 aliphatic rings. The first-order chi connectivity index (χ1) is 9.56. The summed E-state index contributed by atoms with van der Waals surface area (Å²) in [5.74, 6) is -0.779. The third kappa shape index (κ3) is 3.72. The molecule has 0 bridgehead atoms. The Hall–Kier alpha value is -2.05. The number of hydrogen-bond donors (Lipinski definition) is 3. The summed E-state index contributed by atoms with van der Waals surface area (Å²) in [4.78, 5) is 22.9. The van der Waals surface area contributed by atoms with E-state index in [1.54, 1.807) is 13.0 Å². The number of aromatic nitrogens is 1. The number of carbonyl (C=O) groups excluding carboxylic acids is 1. The highest BCUT2D eigenvalue weighted by Gasteiger charge is 2.31. The molecular weight excluding hydrogens is 262 g/mol. The van der Waals surface area contributed by atoms with Gasteiger partial charge in [-0.05, 0) is 19.8 Å². The van der Waals surface area contributed by atoms with Crippen LogP contribution >= 0.6 is 0 Å². The minimum Gasteiger partial charge on any atom is -0.481 e. The van der Waals surface area contributed by atoms with Gasteiger partial charge >= 0.3 is 12.0 Å². The molecule has 7 nitrogen and oxygen atoms in total. The van der Waals surface area contributed by atoms with Crippen molar-refractivity contribution >= 4 is 12.0 Å². The third-order valence-corrected chi connectivity index (χ3v) is 3.50. The van der Waals surface area contributed by atoms with E-state index < -0.39 is 11.9 Å². The van der Waals surface area contributed by atoms with Gasteiger partial charge in [-0.3, -0.25) is 4.79 Å². The topological polar surface area (TPSA) is 104 Å². The van der Waals surface area contributed by atoms with Crippen molar-refractivity contribution < 1.29 is 19.2 Å². The lowest BCUT2D eigenvalue weighted by atomic mass is 9.84. The fourth-order valence-corrected chi connectivity index (χ4v) is 2.49. The highest BCUT2D eigenvalue weighted by Crippen LogP contribution is 2.24. The van der Waals surface area contributed by atoms with Gasteiger partial charge < -0.3 is 20.3 Å². The number of aliphatic carboxylic acids is 1. The highest BCUT2D eigenvalue weighted by atomic mass is 16.5. The van der Waals surface area contributed by atoms with E-state index >= 15 is 0 Å². The molecule has 1 fully saturated rings. The predicted octanol–water partition coefficient (Wildman–Crippen LogP) is 1.43. The highest BCUT2D eigenvalue weighted by molar-refractivity contribution is 5.76. The maximum absolute atomic E-state index is 11.8. The molecule has 0 spiro atoms. The first-order valence-corrected chi connectivity index (χ1v) is 6.75. The first kappa shape index (κ1) is 14.4. The van der Waals surface area contributed by atoms with Crippen molar-refractivity contribution in [2.45, 2.75) is 45.2 Å². The van der Waals surface area contributed by atoms with Gasteiger partial charge in [0.25, 0.3) is 0 Å². The van der Waals surface area contributed by atoms with Crippen molar-refractivity contribution in [3.8, 4) is 0 Å². The molecule has 2 amide bonds. The molecule has 110 valence electrons. The molecule has 0 radical (unpaired) electrons. The maximum atomic E-state index is 11.8. The number of nitrogens with one attached hydrogen (secondary N) is 2. The Kier molecular flexibility index (Phi) is 4.60. The number of rotatable bonds is 4. The molecule has 2 unspecified atom stereocenters. The van der Waals surface area contributed by atoms with Crippen LogP contribution in [-0.4, -0.2) is 28.3 Å². The quantitative estimate of drug-likeness (QED) is 0.774. The molecule has 0 saturated heterocycles. The number of amides is 2. The summed E-state index contributed by atoms with van der Waals surface area (Å²) in [7, 11) is 0. The van der Waals surface area contributed by atoms with Gasteiger partial charge in [0.15, 0.2) is 5.76 Å². The number of carboxylic acid groups (broad SMARTS) is 1. The van der Waals surface area contributed by atoms with E-state index in [2.05, 4.69) is 15.8 Å². The minimum absolute atomic E-state index is 0.233. The largest absolute Gasteiger partial charge is 0.481 e. The van der Waals surface area contributed by atoms with Gasteiger partial charge in [-0.2, -0.15) is 0 Å². The van der Waals surface area contributed by atoms with E-state index in [-0.39, 0.29) is 18.6 Å². The molecule has 0 aliphatic heterocycles. The Morgan fingerprint density at radius 1 is 1.45 bits per heavy atom. The van der Waals surface area contributed by atoms with Gasteiger partial charge in [-0.25, -0.2) is 4.79 Å². The van der Waals surface area contributed by atoms with E-state index in [4.69, 9.17) is 9.63 Å². The molecule has 0 aromatic carbocycles. The van der Waals surface area contributed by atoms with Gasteiger partial charge in [0.1, 0.15) is 0 Å². The van der Waals surface area contributed by atoms with Crippen molar-refractivity contribution in [3.63, 3.8) is 0 Å². The average molecular weight is 281 g/mol. The summed E-state index contributed by atoms with van der Waals surface area (Å²) in [6, 6.07) is 1.05. The van der Waals surface area contributed by atoms with Crippen LogP contribution in [0.5, 0.6) is 0 Å². The van der Waals surface area contributed by atoms with Crippen LogP contribution in [0.15, 0.2) is 10.6 Å². The van der Waals surface area contributed by atoms with Crippen LogP contribution in [-0.2, 0) is 11.3 Å². The summed E-state index contributed by atoms with van der Waals surface area (Å²) >= 11 is 0. The molecule has 1 heterocycles. The van der Waals surface area contributed by atoms with Crippen LogP contribution in [0.1, 0.15) is 37.1 Å². The third-order valence-electron chi connectivity index (χ3n) is 3.50. The molecule has 3 N–H and O–H groups in total. The van der Waals surface area contributed by atoms with Crippen molar-refractivity contribution in [3.05, 3.63) is 17.5 Å². The number of carboxylic acids is 1. The summed E-state index contributed by atoms with van der Waals surface area (Å²) in [5.41, 5.74) is 0.750. The van der Waals surface area contributed by atoms with Gasteiger partial charge in [-0.15, -0.1) is 0 Å². The van der Waals surface area contributed by atoms with Crippen molar-refractivity contribution in [1.82, 2.24) is 15.8 Å². The second-order valence-electron chi connectivity index (χ2n) is 5.10. The van der Waals surface area contributed by atoms with E-state index in [0.29, 0.717) is 18.6 Å². The second-order valence-corrected chi connectivity index (χ2v) is 5.10. The normalized spacial score (nSPS) is 22.2. The standard InChI is InChI=1S/C13H19N3O4/c1-8-6-9(20-16-8)7-14-13(19)15-11-5-3-2-4-10(11)12(17)18/h6,10-11H,2-5,7H2,1H3,(H,17,18)(H2,14,15,19). The van der Waals surface area contributed by atoms with E-state index in [1.807, 2.05) is 0 Å². The van der Waals surface area contributed by atoms with Crippen LogP contribution in [0.2, 0.25) is 0 Å². The summed E-state index contributed by atoms with van der Waals surface area (Å²) in [5, 5.41) is 18.2. The van der Waals surface area contributed by atoms with Crippen molar-refractivity contribution in [1.29, 1.82) is 0 Å². The Balaban J connectivity index is 1.82. The smallest absolute Gasteiger partial charge is 0.315 e. The molecule has 1 aromatic rings. The lowest BCUT2D eigenvalue weighted by molar-refractivity contribution is -0.143. The Labute approximate surface area is 116 Å². The minimum atomic E-state index is -0.846. The molecular formula is C13H19N3O4. The number of hydrogen-bond acceptors (Lipinski definition) is 4. The van der Waals surface area contributed by atoms with Crippen molar-refractivity contribution in [2.75, 3.05) is 0 Å². The van der Waals surface area contributed by atoms with Crippen LogP contribution < -0.4 is 10.6 Å². The molecule has 1 aromatic heterocycles. The van der Waals surface area contributed by atoms with Gasteiger partial charge in [-0.1, -0.05) is 18.0 Å². The Morgan fingerprint density at radius 2 is 2.20 bits per heavy atom. The fourth-order valence-electron chi connectivity index (χ4n) is 2.49. The summed E-state index contributed by atoms with van der Waals surface area (Å²) in [6.45, 7) is 2.03. The van der Waals surface area contributed by atoms with Crippen molar-refractivity contribution in [2.24, 2.45) is 5.92 Å². The fraction of sp³-hybridized carbons (Fsp3) is 0.615. The number of aryl methyl sites for hydroxylation is 1. The molecule has 20 heavy (non-hydrogen) atoms. The maximum Gasteiger partial charge on any atom is 0.315 e. The summed E-state index contributed by atoms with van der Waals surface area (Å²) in [6.07, 6.45) is 3.15. The molecule has 2 atom stereocenters. The molecule has 1 saturated carbocycles. The number of carbonyl (C=O) groups is 2. The zero-order chi connectivity index (χ0) is 14.5. The van der Waals surface area contributed by atoms with E-state index in [1.165, 1.54) is 0 Å². The molecule has 7 heteroatoms. The van der Waals surface area contributed by atoms with Crippen LogP contribution in [0.3, 0.4) is 0 Å². The number of urea groups is 1. The SMILES string of the molecule is Cc1cc(CNC(=O)NC2CCCCC2C(=O)O)on1. The van der Waals surface area contributed by atoms with E-state index in [0.717, 1.165) is 18.5 Å². The van der Waals surface area contributed by atoms with E-state index in [9.17, 15) is 9.59 Å². The van der Waals surface area contributed by atoms with Gasteiger partial charge in [0, 0.05) is 12.1 Å². The lowest BCUT2D eigenvalue weighted by Gasteiger charge is -2.29. The lowest BCUT2D eigenvalue weighted by Crippen LogP contribution is -2.48. The summed E-state index contributed by atoms with van der Waals surface area (Å²) < 4.78 is 4.98. The van der Waals surface area contributed by atoms with Crippen LogP contribution in [0.4, 0.5) is 4.79 Å². The Bertz CT molecular complexity index is 486. The molecule has 2 rings (SSSR count). The zero-order valence-corrected chi connectivity index (χ0v) is 11.4. The van der Waals surface area contributed by atoms with Gasteiger partial charge in [0.05, 0.1) is 18.2 Å². The predicted molar refractivity (Wildman–Crippen MR) is 70.0 cm³/mol. The van der Waals surface area contributed by atoms with Crippen LogP contribution in [0.25, 0.3) is 0 Å². The Morgan fingerprint density at radius 3 is 2.85 bits per heavy atom. The first-order valence-electron chi connectivity index (χ1n) is 6.75. The molecule has 1 aliphatic carbocycles.